The molecule has 2 unspecified atom stereocenters. The normalized spacial score (nSPS) is 28.7. The van der Waals surface area contributed by atoms with Crippen molar-refractivity contribution in [1.29, 1.82) is 0 Å². The molecule has 21 heavy (non-hydrogen) atoms. The molecule has 0 aromatic rings. The fourth-order valence-electron chi connectivity index (χ4n) is 3.84. The van der Waals surface area contributed by atoms with Crippen molar-refractivity contribution in [1.82, 2.24) is 10.2 Å². The molecule has 0 aromatic heterocycles. The molecule has 0 spiro atoms. The molecule has 3 heteroatoms. The fourth-order valence-corrected chi connectivity index (χ4v) is 3.84. The highest BCUT2D eigenvalue weighted by Crippen LogP contribution is 2.28. The van der Waals surface area contributed by atoms with E-state index in [9.17, 15) is 0 Å². The minimum absolute atomic E-state index is 0.679. The maximum absolute atomic E-state index is 5.71. The van der Waals surface area contributed by atoms with Crippen molar-refractivity contribution in [3.8, 4) is 0 Å². The van der Waals surface area contributed by atoms with E-state index in [0.29, 0.717) is 18.7 Å². The zero-order chi connectivity index (χ0) is 15.1. The highest BCUT2D eigenvalue weighted by molar-refractivity contribution is 4.90. The Hall–Kier alpha value is -0.380. The monoisotopic (exact) mass is 294 g/mol. The summed E-state index contributed by atoms with van der Waals surface area (Å²) in [6.45, 7) is 13.2. The van der Waals surface area contributed by atoms with Gasteiger partial charge in [-0.25, -0.2) is 0 Å². The molecular formula is C18H34N2O. The largest absolute Gasteiger partial charge is 0.376 e. The number of ether oxygens (including phenoxy) is 1. The Morgan fingerprint density at radius 1 is 1.29 bits per heavy atom. The fraction of sp³-hybridized carbons (Fsp3) is 0.889. The Morgan fingerprint density at radius 2 is 2.05 bits per heavy atom. The average Bonchev–Trinajstić information content (AvgIpc) is 2.52. The van der Waals surface area contributed by atoms with Crippen molar-refractivity contribution in [2.45, 2.75) is 64.5 Å². The summed E-state index contributed by atoms with van der Waals surface area (Å²) in [6, 6.07) is 1.38. The first-order valence-corrected chi connectivity index (χ1v) is 8.90. The predicted octanol–water partition coefficient (Wildman–Crippen LogP) is 3.21. The molecule has 122 valence electrons. The van der Waals surface area contributed by atoms with Crippen LogP contribution >= 0.6 is 0 Å². The quantitative estimate of drug-likeness (QED) is 0.576. The summed E-state index contributed by atoms with van der Waals surface area (Å²) in [5.41, 5.74) is 1.11. The summed E-state index contributed by atoms with van der Waals surface area (Å²) >= 11 is 0. The maximum Gasteiger partial charge on any atom is 0.0672 e. The molecule has 1 N–H and O–H groups in total. The standard InChI is InChI=1S/C18H34N2O/c1-4-17-12-19-18(16-8-6-5-7-9-16)13-20(17)10-11-21-14-15(2)3/h16-19H,2,4-14H2,1,3H3. The number of nitrogens with one attached hydrogen (secondary N) is 1. The summed E-state index contributed by atoms with van der Waals surface area (Å²) < 4.78 is 5.71. The molecule has 3 nitrogen and oxygen atoms in total. The van der Waals surface area contributed by atoms with Gasteiger partial charge in [-0.15, -0.1) is 0 Å². The second-order valence-corrected chi connectivity index (χ2v) is 6.98. The molecule has 0 amide bonds. The zero-order valence-corrected chi connectivity index (χ0v) is 14.1. The summed E-state index contributed by atoms with van der Waals surface area (Å²) in [5, 5.41) is 3.83. The lowest BCUT2D eigenvalue weighted by atomic mass is 9.82. The summed E-state index contributed by atoms with van der Waals surface area (Å²) in [7, 11) is 0. The van der Waals surface area contributed by atoms with Crippen molar-refractivity contribution < 1.29 is 4.74 Å². The van der Waals surface area contributed by atoms with E-state index >= 15 is 0 Å². The van der Waals surface area contributed by atoms with Gasteiger partial charge in [0.25, 0.3) is 0 Å². The number of rotatable bonds is 7. The predicted molar refractivity (Wildman–Crippen MR) is 89.7 cm³/mol. The second kappa shape index (κ2) is 8.92. The number of hydrogen-bond donors (Lipinski definition) is 1. The van der Waals surface area contributed by atoms with E-state index in [1.165, 1.54) is 45.1 Å². The van der Waals surface area contributed by atoms with Crippen molar-refractivity contribution in [3.63, 3.8) is 0 Å². The summed E-state index contributed by atoms with van der Waals surface area (Å²) in [4.78, 5) is 2.66. The molecule has 1 aliphatic heterocycles. The Morgan fingerprint density at radius 3 is 2.71 bits per heavy atom. The highest BCUT2D eigenvalue weighted by atomic mass is 16.5. The van der Waals surface area contributed by atoms with E-state index in [2.05, 4.69) is 23.7 Å². The van der Waals surface area contributed by atoms with Gasteiger partial charge in [0.15, 0.2) is 0 Å². The van der Waals surface area contributed by atoms with Gasteiger partial charge in [-0.2, -0.15) is 0 Å². The molecule has 2 aliphatic rings. The molecule has 1 saturated heterocycles. The zero-order valence-electron chi connectivity index (χ0n) is 14.1. The smallest absolute Gasteiger partial charge is 0.0672 e. The van der Waals surface area contributed by atoms with E-state index in [0.717, 1.165) is 31.2 Å². The third-order valence-corrected chi connectivity index (χ3v) is 5.12. The van der Waals surface area contributed by atoms with Crippen LogP contribution < -0.4 is 5.32 Å². The average molecular weight is 294 g/mol. The Balaban J connectivity index is 1.79. The van der Waals surface area contributed by atoms with Crippen LogP contribution in [-0.2, 0) is 4.74 Å². The Bertz CT molecular complexity index is 312. The van der Waals surface area contributed by atoms with Crippen LogP contribution in [0.4, 0.5) is 0 Å². The third kappa shape index (κ3) is 5.39. The van der Waals surface area contributed by atoms with Gasteiger partial charge >= 0.3 is 0 Å². The van der Waals surface area contributed by atoms with Crippen LogP contribution in [0.2, 0.25) is 0 Å². The van der Waals surface area contributed by atoms with Gasteiger partial charge in [-0.1, -0.05) is 38.3 Å². The van der Waals surface area contributed by atoms with Crippen molar-refractivity contribution in [3.05, 3.63) is 12.2 Å². The van der Waals surface area contributed by atoms with Gasteiger partial charge in [0.05, 0.1) is 13.2 Å². The van der Waals surface area contributed by atoms with E-state index in [1.54, 1.807) is 0 Å². The summed E-state index contributed by atoms with van der Waals surface area (Å²) in [5.74, 6) is 0.899. The first-order valence-electron chi connectivity index (χ1n) is 8.90. The van der Waals surface area contributed by atoms with Gasteiger partial charge in [0.1, 0.15) is 0 Å². The van der Waals surface area contributed by atoms with Gasteiger partial charge in [0, 0.05) is 31.7 Å². The Kier molecular flexibility index (Phi) is 7.21. The van der Waals surface area contributed by atoms with Gasteiger partial charge < -0.3 is 10.1 Å². The molecule has 1 aliphatic carbocycles. The van der Waals surface area contributed by atoms with Gasteiger partial charge in [0.2, 0.25) is 0 Å². The molecule has 2 atom stereocenters. The molecule has 1 heterocycles. The molecule has 0 aromatic carbocycles. The molecule has 2 fully saturated rings. The van der Waals surface area contributed by atoms with E-state index in [-0.39, 0.29) is 0 Å². The minimum Gasteiger partial charge on any atom is -0.376 e. The molecule has 2 rings (SSSR count). The van der Waals surface area contributed by atoms with Crippen molar-refractivity contribution in [2.24, 2.45) is 5.92 Å². The number of hydrogen-bond acceptors (Lipinski definition) is 3. The molecule has 0 bridgehead atoms. The van der Waals surface area contributed by atoms with Crippen molar-refractivity contribution >= 4 is 0 Å². The number of nitrogens with zero attached hydrogens (tertiary/aromatic N) is 1. The molecule has 0 radical (unpaired) electrons. The lowest BCUT2D eigenvalue weighted by Gasteiger charge is -2.43. The van der Waals surface area contributed by atoms with E-state index in [1.807, 2.05) is 6.92 Å². The van der Waals surface area contributed by atoms with E-state index < -0.39 is 0 Å². The number of piperazine rings is 1. The first-order chi connectivity index (χ1) is 10.2. The Labute approximate surface area is 131 Å². The van der Waals surface area contributed by atoms with Crippen LogP contribution in [-0.4, -0.2) is 49.8 Å². The van der Waals surface area contributed by atoms with Gasteiger partial charge in [-0.3, -0.25) is 4.90 Å². The lowest BCUT2D eigenvalue weighted by molar-refractivity contribution is 0.0567. The van der Waals surface area contributed by atoms with Crippen LogP contribution in [0, 0.1) is 5.92 Å². The maximum atomic E-state index is 5.71. The second-order valence-electron chi connectivity index (χ2n) is 6.98. The molecular weight excluding hydrogens is 260 g/mol. The topological polar surface area (TPSA) is 24.5 Å². The minimum atomic E-state index is 0.679. The summed E-state index contributed by atoms with van der Waals surface area (Å²) in [6.07, 6.45) is 8.39. The lowest BCUT2D eigenvalue weighted by Crippen LogP contribution is -2.59. The highest BCUT2D eigenvalue weighted by Gasteiger charge is 2.31. The third-order valence-electron chi connectivity index (χ3n) is 5.12. The van der Waals surface area contributed by atoms with Crippen molar-refractivity contribution in [2.75, 3.05) is 32.8 Å². The van der Waals surface area contributed by atoms with E-state index in [4.69, 9.17) is 4.74 Å². The first kappa shape index (κ1) is 17.0. The SMILES string of the molecule is C=C(C)COCCN1CC(C2CCCCC2)NCC1CC. The van der Waals surface area contributed by atoms with Gasteiger partial charge in [-0.05, 0) is 32.1 Å². The van der Waals surface area contributed by atoms with Crippen LogP contribution in [0.3, 0.4) is 0 Å². The van der Waals surface area contributed by atoms with Crippen LogP contribution in [0.15, 0.2) is 12.2 Å². The van der Waals surface area contributed by atoms with Crippen LogP contribution in [0.1, 0.15) is 52.4 Å². The van der Waals surface area contributed by atoms with Crippen LogP contribution in [0.5, 0.6) is 0 Å². The van der Waals surface area contributed by atoms with Crippen LogP contribution in [0.25, 0.3) is 0 Å². The molecule has 1 saturated carbocycles.